The highest BCUT2D eigenvalue weighted by molar-refractivity contribution is 5.77. The number of nitrogens with zero attached hydrogens (tertiary/aromatic N) is 1. The molecule has 1 aromatic heterocycles. The fourth-order valence-corrected chi connectivity index (χ4v) is 1.76. The highest BCUT2D eigenvalue weighted by Crippen LogP contribution is 2.15. The number of aliphatic hydroxyl groups is 2. The number of nitrogens with one attached hydrogen (secondary N) is 1. The average molecular weight is 270 g/mol. The molecule has 0 bridgehead atoms. The van der Waals surface area contributed by atoms with Crippen molar-refractivity contribution >= 4 is 5.91 Å². The summed E-state index contributed by atoms with van der Waals surface area (Å²) in [6.45, 7) is 2.52. The third kappa shape index (κ3) is 5.42. The van der Waals surface area contributed by atoms with Gasteiger partial charge in [0, 0.05) is 12.0 Å². The second-order valence-electron chi connectivity index (χ2n) is 5.16. The Morgan fingerprint density at radius 2 is 2.16 bits per heavy atom. The zero-order valence-corrected chi connectivity index (χ0v) is 11.4. The van der Waals surface area contributed by atoms with Gasteiger partial charge in [-0.05, 0) is 19.2 Å². The lowest BCUT2D eigenvalue weighted by molar-refractivity contribution is -0.122. The molecule has 0 saturated carbocycles. The first kappa shape index (κ1) is 15.7. The summed E-state index contributed by atoms with van der Waals surface area (Å²) in [5.41, 5.74) is -0.601. The smallest absolute Gasteiger partial charge is 0.234 e. The lowest BCUT2D eigenvalue weighted by atomic mass is 9.92. The van der Waals surface area contributed by atoms with Crippen LogP contribution in [-0.2, 0) is 11.3 Å². The topological polar surface area (TPSA) is 85.9 Å². The van der Waals surface area contributed by atoms with Crippen LogP contribution in [0.2, 0.25) is 0 Å². The summed E-state index contributed by atoms with van der Waals surface area (Å²) in [5, 5.41) is 21.1. The van der Waals surface area contributed by atoms with Crippen molar-refractivity contribution in [2.24, 2.45) is 5.41 Å². The quantitative estimate of drug-likeness (QED) is 0.610. The number of aliphatic hydroxyl groups excluding tert-OH is 2. The molecule has 0 spiro atoms. The van der Waals surface area contributed by atoms with E-state index >= 15 is 0 Å². The van der Waals surface area contributed by atoms with Gasteiger partial charge in [-0.1, -0.05) is 6.92 Å². The molecule has 3 N–H and O–H groups in total. The van der Waals surface area contributed by atoms with Gasteiger partial charge in [-0.3, -0.25) is 9.69 Å². The van der Waals surface area contributed by atoms with Crippen LogP contribution in [0.3, 0.4) is 0 Å². The molecule has 19 heavy (non-hydrogen) atoms. The molecule has 1 amide bonds. The minimum atomic E-state index is -0.601. The summed E-state index contributed by atoms with van der Waals surface area (Å²) >= 11 is 0. The van der Waals surface area contributed by atoms with Crippen molar-refractivity contribution in [2.45, 2.75) is 13.5 Å². The molecule has 108 valence electrons. The van der Waals surface area contributed by atoms with Crippen LogP contribution in [-0.4, -0.2) is 54.4 Å². The molecule has 0 atom stereocenters. The third-order valence-electron chi connectivity index (χ3n) is 2.87. The molecule has 0 aliphatic carbocycles. The molecule has 0 fully saturated rings. The molecule has 0 radical (unpaired) electrons. The van der Waals surface area contributed by atoms with Crippen LogP contribution >= 0.6 is 0 Å². The van der Waals surface area contributed by atoms with E-state index in [1.54, 1.807) is 37.3 Å². The Labute approximate surface area is 113 Å². The Bertz CT molecular complexity index is 374. The van der Waals surface area contributed by atoms with Gasteiger partial charge in [-0.25, -0.2) is 0 Å². The maximum Gasteiger partial charge on any atom is 0.234 e. The summed E-state index contributed by atoms with van der Waals surface area (Å²) in [7, 11) is 1.77. The second kappa shape index (κ2) is 7.28. The van der Waals surface area contributed by atoms with E-state index in [-0.39, 0.29) is 25.7 Å². The summed E-state index contributed by atoms with van der Waals surface area (Å²) in [6, 6.07) is 3.56. The highest BCUT2D eigenvalue weighted by Gasteiger charge is 2.25. The zero-order chi connectivity index (χ0) is 14.3. The Hall–Kier alpha value is -1.37. The number of hydrogen-bond donors (Lipinski definition) is 3. The number of rotatable bonds is 8. The van der Waals surface area contributed by atoms with Crippen molar-refractivity contribution in [3.05, 3.63) is 24.2 Å². The van der Waals surface area contributed by atoms with Gasteiger partial charge in [-0.2, -0.15) is 0 Å². The van der Waals surface area contributed by atoms with Crippen molar-refractivity contribution in [3.8, 4) is 0 Å². The van der Waals surface area contributed by atoms with Gasteiger partial charge in [0.05, 0.1) is 32.6 Å². The van der Waals surface area contributed by atoms with Crippen molar-refractivity contribution in [3.63, 3.8) is 0 Å². The molecular formula is C13H22N2O4. The Balaban J connectivity index is 2.31. The van der Waals surface area contributed by atoms with Crippen molar-refractivity contribution in [2.75, 3.05) is 33.4 Å². The van der Waals surface area contributed by atoms with Crippen LogP contribution in [0.1, 0.15) is 12.7 Å². The first-order valence-corrected chi connectivity index (χ1v) is 6.18. The van der Waals surface area contributed by atoms with Crippen molar-refractivity contribution in [1.82, 2.24) is 10.2 Å². The molecule has 0 saturated heterocycles. The van der Waals surface area contributed by atoms with Crippen LogP contribution in [0.5, 0.6) is 0 Å². The molecule has 0 unspecified atom stereocenters. The van der Waals surface area contributed by atoms with Gasteiger partial charge in [-0.15, -0.1) is 0 Å². The normalized spacial score (nSPS) is 11.8. The molecule has 0 aromatic carbocycles. The fraction of sp³-hybridized carbons (Fsp3) is 0.615. The first-order valence-electron chi connectivity index (χ1n) is 6.18. The molecule has 0 aliphatic rings. The van der Waals surface area contributed by atoms with E-state index in [0.29, 0.717) is 18.8 Å². The molecule has 0 aliphatic heterocycles. The van der Waals surface area contributed by atoms with E-state index in [9.17, 15) is 15.0 Å². The van der Waals surface area contributed by atoms with Gasteiger partial charge < -0.3 is 19.9 Å². The summed E-state index contributed by atoms with van der Waals surface area (Å²) < 4.78 is 5.11. The zero-order valence-electron chi connectivity index (χ0n) is 11.4. The van der Waals surface area contributed by atoms with Crippen LogP contribution in [0.15, 0.2) is 22.8 Å². The van der Waals surface area contributed by atoms with E-state index in [1.807, 2.05) is 0 Å². The van der Waals surface area contributed by atoms with Crippen LogP contribution in [0.4, 0.5) is 0 Å². The number of carbonyl (C=O) groups excluding carboxylic acids is 1. The predicted octanol–water partition coefficient (Wildman–Crippen LogP) is -0.182. The van der Waals surface area contributed by atoms with Gasteiger partial charge in [0.25, 0.3) is 0 Å². The number of likely N-dealkylation sites (N-methyl/N-ethyl adjacent to an activating group) is 1. The van der Waals surface area contributed by atoms with E-state index in [0.717, 1.165) is 0 Å². The summed E-state index contributed by atoms with van der Waals surface area (Å²) in [5.74, 6) is 0.573. The minimum absolute atomic E-state index is 0.123. The van der Waals surface area contributed by atoms with Crippen molar-refractivity contribution in [1.29, 1.82) is 0 Å². The maximum absolute atomic E-state index is 11.7. The predicted molar refractivity (Wildman–Crippen MR) is 70.3 cm³/mol. The number of amides is 1. The fourth-order valence-electron chi connectivity index (χ4n) is 1.76. The van der Waals surface area contributed by atoms with E-state index in [2.05, 4.69) is 5.32 Å². The lowest BCUT2D eigenvalue weighted by Gasteiger charge is -2.29. The largest absolute Gasteiger partial charge is 0.467 e. The van der Waals surface area contributed by atoms with Crippen LogP contribution in [0.25, 0.3) is 0 Å². The third-order valence-corrected chi connectivity index (χ3v) is 2.87. The molecule has 1 aromatic rings. The monoisotopic (exact) mass is 270 g/mol. The SMILES string of the molecule is CN(CC(=O)NCc1ccco1)CC(C)(CO)CO. The second-order valence-corrected chi connectivity index (χ2v) is 5.16. The Kier molecular flexibility index (Phi) is 6.01. The standard InChI is InChI=1S/C13H22N2O4/c1-13(9-16,10-17)8-15(2)7-12(18)14-6-11-4-3-5-19-11/h3-5,16-17H,6-10H2,1-2H3,(H,14,18). The molecule has 6 heteroatoms. The van der Waals surface area contributed by atoms with E-state index in [4.69, 9.17) is 4.42 Å². The number of hydrogen-bond acceptors (Lipinski definition) is 5. The van der Waals surface area contributed by atoms with Crippen LogP contribution < -0.4 is 5.32 Å². The molecule has 1 rings (SSSR count). The van der Waals surface area contributed by atoms with Gasteiger partial charge >= 0.3 is 0 Å². The Morgan fingerprint density at radius 3 is 2.68 bits per heavy atom. The van der Waals surface area contributed by atoms with Gasteiger partial charge in [0.2, 0.25) is 5.91 Å². The maximum atomic E-state index is 11.7. The summed E-state index contributed by atoms with van der Waals surface area (Å²) in [4.78, 5) is 13.5. The van der Waals surface area contributed by atoms with E-state index in [1.165, 1.54) is 0 Å². The average Bonchev–Trinajstić information content (AvgIpc) is 2.89. The van der Waals surface area contributed by atoms with Crippen LogP contribution in [0, 0.1) is 5.41 Å². The van der Waals surface area contributed by atoms with Gasteiger partial charge in [0.1, 0.15) is 5.76 Å². The lowest BCUT2D eigenvalue weighted by Crippen LogP contribution is -2.43. The summed E-state index contributed by atoms with van der Waals surface area (Å²) in [6.07, 6.45) is 1.56. The minimum Gasteiger partial charge on any atom is -0.467 e. The van der Waals surface area contributed by atoms with E-state index < -0.39 is 5.41 Å². The van der Waals surface area contributed by atoms with Crippen molar-refractivity contribution < 1.29 is 19.4 Å². The molecular weight excluding hydrogens is 248 g/mol. The number of furan rings is 1. The number of carbonyl (C=O) groups is 1. The Morgan fingerprint density at radius 1 is 1.47 bits per heavy atom. The first-order chi connectivity index (χ1) is 8.99. The molecule has 1 heterocycles. The molecule has 6 nitrogen and oxygen atoms in total. The van der Waals surface area contributed by atoms with Gasteiger partial charge in [0.15, 0.2) is 0 Å². The highest BCUT2D eigenvalue weighted by atomic mass is 16.3.